The largest absolute Gasteiger partial charge is 0.480 e. The molecule has 14 heavy (non-hydrogen) atoms. The fourth-order valence-corrected chi connectivity index (χ4v) is 1.39. The van der Waals surface area contributed by atoms with Gasteiger partial charge >= 0.3 is 5.97 Å². The van der Waals surface area contributed by atoms with Crippen molar-refractivity contribution in [1.82, 2.24) is 4.90 Å². The quantitative estimate of drug-likeness (QED) is 0.644. The molecule has 0 spiro atoms. The van der Waals surface area contributed by atoms with Crippen molar-refractivity contribution in [2.45, 2.75) is 32.7 Å². The summed E-state index contributed by atoms with van der Waals surface area (Å²) in [7, 11) is 1.66. The number of carboxylic acid groups (broad SMARTS) is 1. The van der Waals surface area contributed by atoms with Crippen LogP contribution >= 0.6 is 0 Å². The molecule has 0 aromatic carbocycles. The van der Waals surface area contributed by atoms with E-state index < -0.39 is 5.97 Å². The first-order valence-corrected chi connectivity index (χ1v) is 5.06. The Morgan fingerprint density at radius 2 is 2.21 bits per heavy atom. The topological polar surface area (TPSA) is 49.8 Å². The van der Waals surface area contributed by atoms with Gasteiger partial charge in [0.25, 0.3) is 0 Å². The molecule has 0 aliphatic heterocycles. The minimum Gasteiger partial charge on any atom is -0.480 e. The normalized spacial score (nSPS) is 13.1. The van der Waals surface area contributed by atoms with Gasteiger partial charge in [-0.3, -0.25) is 9.69 Å². The molecule has 0 fully saturated rings. The molecule has 0 saturated heterocycles. The van der Waals surface area contributed by atoms with Crippen LogP contribution < -0.4 is 0 Å². The number of carboxylic acids is 1. The third kappa shape index (κ3) is 5.94. The number of hydrogen-bond acceptors (Lipinski definition) is 3. The molecule has 0 amide bonds. The van der Waals surface area contributed by atoms with Crippen molar-refractivity contribution in [3.8, 4) is 0 Å². The summed E-state index contributed by atoms with van der Waals surface area (Å²) >= 11 is 0. The first-order valence-electron chi connectivity index (χ1n) is 5.06. The van der Waals surface area contributed by atoms with Gasteiger partial charge in [-0.05, 0) is 26.3 Å². The van der Waals surface area contributed by atoms with E-state index >= 15 is 0 Å². The number of methoxy groups -OCH3 is 1. The minimum absolute atomic E-state index is 0.124. The van der Waals surface area contributed by atoms with E-state index in [1.54, 1.807) is 7.11 Å². The van der Waals surface area contributed by atoms with Crippen LogP contribution in [0.4, 0.5) is 0 Å². The second kappa shape index (κ2) is 7.76. The molecule has 0 heterocycles. The Kier molecular flexibility index (Phi) is 7.42. The third-order valence-electron chi connectivity index (χ3n) is 2.21. The predicted octanol–water partition coefficient (Wildman–Crippen LogP) is 1.21. The molecule has 4 heteroatoms. The van der Waals surface area contributed by atoms with E-state index in [9.17, 15) is 4.79 Å². The van der Waals surface area contributed by atoms with Crippen LogP contribution in [0.1, 0.15) is 26.7 Å². The summed E-state index contributed by atoms with van der Waals surface area (Å²) in [5.41, 5.74) is 0. The lowest BCUT2D eigenvalue weighted by atomic mass is 10.2. The van der Waals surface area contributed by atoms with E-state index in [4.69, 9.17) is 9.84 Å². The van der Waals surface area contributed by atoms with Crippen LogP contribution in [0.2, 0.25) is 0 Å². The van der Waals surface area contributed by atoms with Crippen LogP contribution in [0.15, 0.2) is 0 Å². The van der Waals surface area contributed by atoms with Crippen molar-refractivity contribution < 1.29 is 14.6 Å². The molecule has 0 aliphatic carbocycles. The molecule has 1 N–H and O–H groups in total. The summed E-state index contributed by atoms with van der Waals surface area (Å²) in [6.07, 6.45) is 1.86. The van der Waals surface area contributed by atoms with Gasteiger partial charge in [0.15, 0.2) is 0 Å². The van der Waals surface area contributed by atoms with E-state index in [2.05, 4.69) is 6.92 Å². The number of carbonyl (C=O) groups is 1. The van der Waals surface area contributed by atoms with Crippen molar-refractivity contribution in [3.63, 3.8) is 0 Å². The SMILES string of the molecule is CCCN(CC(=O)O)C(C)CCOC. The number of rotatable bonds is 8. The molecule has 0 aromatic heterocycles. The van der Waals surface area contributed by atoms with Crippen molar-refractivity contribution in [3.05, 3.63) is 0 Å². The van der Waals surface area contributed by atoms with Gasteiger partial charge in [-0.2, -0.15) is 0 Å². The Bertz CT molecular complexity index is 161. The highest BCUT2D eigenvalue weighted by Gasteiger charge is 2.15. The van der Waals surface area contributed by atoms with Crippen LogP contribution in [0.25, 0.3) is 0 Å². The summed E-state index contributed by atoms with van der Waals surface area (Å²) in [5, 5.41) is 8.71. The van der Waals surface area contributed by atoms with Gasteiger partial charge in [0.05, 0.1) is 6.54 Å². The Hall–Kier alpha value is -0.610. The van der Waals surface area contributed by atoms with Gasteiger partial charge in [-0.25, -0.2) is 0 Å². The first kappa shape index (κ1) is 13.4. The molecule has 0 bridgehead atoms. The highest BCUT2D eigenvalue weighted by Crippen LogP contribution is 2.04. The molecular formula is C10H21NO3. The lowest BCUT2D eigenvalue weighted by Gasteiger charge is -2.26. The maximum absolute atomic E-state index is 10.6. The van der Waals surface area contributed by atoms with Crippen LogP contribution in [0.3, 0.4) is 0 Å². The van der Waals surface area contributed by atoms with Crippen molar-refractivity contribution >= 4 is 5.97 Å². The lowest BCUT2D eigenvalue weighted by Crippen LogP contribution is -2.38. The lowest BCUT2D eigenvalue weighted by molar-refractivity contribution is -0.139. The van der Waals surface area contributed by atoms with Gasteiger partial charge in [0.1, 0.15) is 0 Å². The predicted molar refractivity (Wildman–Crippen MR) is 55.5 cm³/mol. The molecule has 0 radical (unpaired) electrons. The van der Waals surface area contributed by atoms with Gasteiger partial charge < -0.3 is 9.84 Å². The average Bonchev–Trinajstić information content (AvgIpc) is 2.13. The maximum Gasteiger partial charge on any atom is 0.317 e. The number of hydrogen-bond donors (Lipinski definition) is 1. The summed E-state index contributed by atoms with van der Waals surface area (Å²) < 4.78 is 4.97. The summed E-state index contributed by atoms with van der Waals surface area (Å²) in [5.74, 6) is -0.761. The Labute approximate surface area is 85.9 Å². The van der Waals surface area contributed by atoms with Gasteiger partial charge in [0.2, 0.25) is 0 Å². The van der Waals surface area contributed by atoms with E-state index in [0.717, 1.165) is 19.4 Å². The molecule has 0 aliphatic rings. The number of ether oxygens (including phenoxy) is 1. The molecule has 1 unspecified atom stereocenters. The van der Waals surface area contributed by atoms with Crippen molar-refractivity contribution in [1.29, 1.82) is 0 Å². The third-order valence-corrected chi connectivity index (χ3v) is 2.21. The second-order valence-electron chi connectivity index (χ2n) is 3.49. The summed E-state index contributed by atoms with van der Waals surface area (Å²) in [6.45, 7) is 5.73. The standard InChI is InChI=1S/C10H21NO3/c1-4-6-11(8-10(12)13)9(2)5-7-14-3/h9H,4-8H2,1-3H3,(H,12,13). The molecule has 4 nitrogen and oxygen atoms in total. The number of nitrogens with zero attached hydrogens (tertiary/aromatic N) is 1. The van der Waals surface area contributed by atoms with Crippen molar-refractivity contribution in [2.75, 3.05) is 26.8 Å². The van der Waals surface area contributed by atoms with E-state index in [-0.39, 0.29) is 12.6 Å². The van der Waals surface area contributed by atoms with Crippen LogP contribution in [-0.4, -0.2) is 48.8 Å². The molecule has 0 aromatic rings. The molecule has 0 rings (SSSR count). The zero-order valence-electron chi connectivity index (χ0n) is 9.32. The summed E-state index contributed by atoms with van der Waals surface area (Å²) in [6, 6.07) is 0.269. The fourth-order valence-electron chi connectivity index (χ4n) is 1.39. The van der Waals surface area contributed by atoms with Crippen molar-refractivity contribution in [2.24, 2.45) is 0 Å². The zero-order chi connectivity index (χ0) is 11.0. The zero-order valence-corrected chi connectivity index (χ0v) is 9.32. The van der Waals surface area contributed by atoms with Crippen LogP contribution in [0.5, 0.6) is 0 Å². The highest BCUT2D eigenvalue weighted by atomic mass is 16.5. The molecular weight excluding hydrogens is 182 g/mol. The Morgan fingerprint density at radius 1 is 1.57 bits per heavy atom. The smallest absolute Gasteiger partial charge is 0.317 e. The monoisotopic (exact) mass is 203 g/mol. The fraction of sp³-hybridized carbons (Fsp3) is 0.900. The van der Waals surface area contributed by atoms with Gasteiger partial charge in [0, 0.05) is 19.8 Å². The van der Waals surface area contributed by atoms with Gasteiger partial charge in [-0.1, -0.05) is 6.92 Å². The minimum atomic E-state index is -0.761. The van der Waals surface area contributed by atoms with Gasteiger partial charge in [-0.15, -0.1) is 0 Å². The molecule has 84 valence electrons. The maximum atomic E-state index is 10.6. The van der Waals surface area contributed by atoms with Crippen LogP contribution in [-0.2, 0) is 9.53 Å². The van der Waals surface area contributed by atoms with Crippen LogP contribution in [0, 0.1) is 0 Å². The van der Waals surface area contributed by atoms with E-state index in [1.165, 1.54) is 0 Å². The van der Waals surface area contributed by atoms with E-state index in [0.29, 0.717) is 6.61 Å². The summed E-state index contributed by atoms with van der Waals surface area (Å²) in [4.78, 5) is 12.6. The van der Waals surface area contributed by atoms with E-state index in [1.807, 2.05) is 11.8 Å². The number of aliphatic carboxylic acids is 1. The molecule has 0 saturated carbocycles. The first-order chi connectivity index (χ1) is 6.61. The highest BCUT2D eigenvalue weighted by molar-refractivity contribution is 5.69. The second-order valence-corrected chi connectivity index (χ2v) is 3.49. The Balaban J connectivity index is 3.96. The average molecular weight is 203 g/mol. The Morgan fingerprint density at radius 3 is 2.64 bits per heavy atom. The molecule has 1 atom stereocenters.